The van der Waals surface area contributed by atoms with E-state index in [0.717, 1.165) is 28.7 Å². The average molecular weight is 367 g/mol. The fraction of sp³-hybridized carbons (Fsp3) is 0.500. The number of rotatable bonds is 0. The summed E-state index contributed by atoms with van der Waals surface area (Å²) >= 11 is 3.49. The molecular formula is C16H19BrN2O3. The van der Waals surface area contributed by atoms with Crippen LogP contribution in [0.2, 0.25) is 0 Å². The minimum Gasteiger partial charge on any atom is -0.467 e. The van der Waals surface area contributed by atoms with Crippen molar-refractivity contribution in [1.29, 1.82) is 0 Å². The zero-order chi connectivity index (χ0) is 15.7. The number of hydrogen-bond donors (Lipinski definition) is 0. The largest absolute Gasteiger partial charge is 0.467 e. The second-order valence-corrected chi connectivity index (χ2v) is 6.57. The molecule has 1 spiro atoms. The molecular weight excluding hydrogens is 348 g/mol. The van der Waals surface area contributed by atoms with Crippen molar-refractivity contribution >= 4 is 27.7 Å². The van der Waals surface area contributed by atoms with Crippen LogP contribution in [0, 0.1) is 0 Å². The summed E-state index contributed by atoms with van der Waals surface area (Å²) in [5, 5.41) is 0. The number of amides is 1. The van der Waals surface area contributed by atoms with E-state index in [4.69, 9.17) is 14.5 Å². The second-order valence-electron chi connectivity index (χ2n) is 5.65. The van der Waals surface area contributed by atoms with Crippen LogP contribution < -0.4 is 4.74 Å². The first-order chi connectivity index (χ1) is 10.5. The molecule has 2 heterocycles. The monoisotopic (exact) mass is 366 g/mol. The summed E-state index contributed by atoms with van der Waals surface area (Å²) in [7, 11) is 1.77. The van der Waals surface area contributed by atoms with Gasteiger partial charge in [0, 0.05) is 17.1 Å². The maximum atomic E-state index is 12.9. The number of aliphatic imine (C=N–C) groups is 1. The third-order valence-corrected chi connectivity index (χ3v) is 4.75. The van der Waals surface area contributed by atoms with E-state index in [2.05, 4.69) is 15.9 Å². The summed E-state index contributed by atoms with van der Waals surface area (Å²) in [5.41, 5.74) is -0.0731. The van der Waals surface area contributed by atoms with Crippen molar-refractivity contribution in [2.75, 3.05) is 20.4 Å². The summed E-state index contributed by atoms with van der Waals surface area (Å²) in [6.45, 7) is 2.69. The lowest BCUT2D eigenvalue weighted by Gasteiger charge is -2.28. The van der Waals surface area contributed by atoms with Crippen molar-refractivity contribution in [1.82, 2.24) is 4.90 Å². The third kappa shape index (κ3) is 2.54. The van der Waals surface area contributed by atoms with Gasteiger partial charge in [0.25, 0.3) is 5.91 Å². The van der Waals surface area contributed by atoms with Crippen molar-refractivity contribution in [2.45, 2.75) is 31.7 Å². The van der Waals surface area contributed by atoms with Gasteiger partial charge in [-0.3, -0.25) is 9.79 Å². The van der Waals surface area contributed by atoms with Gasteiger partial charge in [-0.25, -0.2) is 0 Å². The van der Waals surface area contributed by atoms with E-state index in [1.54, 1.807) is 11.9 Å². The lowest BCUT2D eigenvalue weighted by atomic mass is 9.84. The Balaban J connectivity index is 2.16. The number of nitrogens with zero attached hydrogens (tertiary/aromatic N) is 2. The predicted molar refractivity (Wildman–Crippen MR) is 87.0 cm³/mol. The number of ether oxygens (including phenoxy) is 2. The van der Waals surface area contributed by atoms with Gasteiger partial charge in [0.2, 0.25) is 0 Å². The molecule has 1 unspecified atom stereocenters. The highest BCUT2D eigenvalue weighted by molar-refractivity contribution is 9.10. The third-order valence-electron chi connectivity index (χ3n) is 4.26. The maximum Gasteiger partial charge on any atom is 0.260 e. The maximum absolute atomic E-state index is 12.9. The Morgan fingerprint density at radius 2 is 2.18 bits per heavy atom. The molecule has 2 aliphatic rings. The van der Waals surface area contributed by atoms with Gasteiger partial charge >= 0.3 is 0 Å². The molecule has 22 heavy (non-hydrogen) atoms. The minimum atomic E-state index is -0.880. The molecule has 6 heteroatoms. The number of hydrogen-bond acceptors (Lipinski definition) is 4. The van der Waals surface area contributed by atoms with Gasteiger partial charge in [-0.15, -0.1) is 0 Å². The Kier molecular flexibility index (Phi) is 4.23. The summed E-state index contributed by atoms with van der Waals surface area (Å²) in [4.78, 5) is 19.3. The lowest BCUT2D eigenvalue weighted by Crippen LogP contribution is -2.39. The molecule has 1 amide bonds. The number of likely N-dealkylation sites (N-methyl/N-ethyl adjacent to an activating group) is 1. The highest BCUT2D eigenvalue weighted by atomic mass is 79.9. The molecule has 0 N–H and O–H groups in total. The van der Waals surface area contributed by atoms with Crippen molar-refractivity contribution in [3.63, 3.8) is 0 Å². The molecule has 1 aromatic rings. The van der Waals surface area contributed by atoms with Crippen LogP contribution in [0.4, 0.5) is 0 Å². The molecule has 3 rings (SSSR count). The van der Waals surface area contributed by atoms with E-state index >= 15 is 0 Å². The van der Waals surface area contributed by atoms with Gasteiger partial charge in [-0.1, -0.05) is 15.9 Å². The molecule has 0 radical (unpaired) electrons. The zero-order valence-corrected chi connectivity index (χ0v) is 14.4. The van der Waals surface area contributed by atoms with Gasteiger partial charge < -0.3 is 14.4 Å². The highest BCUT2D eigenvalue weighted by Gasteiger charge is 2.48. The standard InChI is InChI=1S/C16H19BrN2O3/c1-11-18-16(15(20)19(11)2)7-3-4-8-21-10-22-14-6-5-12(17)9-13(14)16/h5-6,9H,3-4,7-8,10H2,1-2H3. The average Bonchev–Trinajstić information content (AvgIpc) is 2.72. The summed E-state index contributed by atoms with van der Waals surface area (Å²) in [6.07, 6.45) is 2.42. The molecule has 118 valence electrons. The predicted octanol–water partition coefficient (Wildman–Crippen LogP) is 3.07. The molecule has 0 saturated carbocycles. The normalized spacial score (nSPS) is 25.7. The smallest absolute Gasteiger partial charge is 0.260 e. The Hall–Kier alpha value is -1.40. The number of carbonyl (C=O) groups is 1. The molecule has 0 saturated heterocycles. The van der Waals surface area contributed by atoms with Gasteiger partial charge in [0.15, 0.2) is 12.3 Å². The number of carbonyl (C=O) groups excluding carboxylic acids is 1. The van der Waals surface area contributed by atoms with Crippen LogP contribution in [0.5, 0.6) is 5.75 Å². The van der Waals surface area contributed by atoms with Crippen molar-refractivity contribution in [3.05, 3.63) is 28.2 Å². The molecule has 5 nitrogen and oxygen atoms in total. The van der Waals surface area contributed by atoms with Crippen LogP contribution >= 0.6 is 15.9 Å². The van der Waals surface area contributed by atoms with Gasteiger partial charge in [-0.05, 0) is 44.4 Å². The van der Waals surface area contributed by atoms with Crippen LogP contribution in [0.15, 0.2) is 27.7 Å². The molecule has 0 bridgehead atoms. The first-order valence-corrected chi connectivity index (χ1v) is 8.19. The zero-order valence-electron chi connectivity index (χ0n) is 12.8. The summed E-state index contributed by atoms with van der Waals surface area (Å²) in [5.74, 6) is 1.41. The van der Waals surface area contributed by atoms with E-state index in [-0.39, 0.29) is 12.7 Å². The van der Waals surface area contributed by atoms with Crippen LogP contribution in [0.1, 0.15) is 31.7 Å². The van der Waals surface area contributed by atoms with E-state index in [0.29, 0.717) is 18.8 Å². The number of halogens is 1. The Morgan fingerprint density at radius 3 is 2.91 bits per heavy atom. The Labute approximate surface area is 138 Å². The molecule has 2 aliphatic heterocycles. The number of benzene rings is 1. The lowest BCUT2D eigenvalue weighted by molar-refractivity contribution is -0.131. The topological polar surface area (TPSA) is 51.1 Å². The minimum absolute atomic E-state index is 0.00874. The number of fused-ring (bicyclic) bond motifs is 2. The summed E-state index contributed by atoms with van der Waals surface area (Å²) < 4.78 is 12.1. The number of amidine groups is 1. The van der Waals surface area contributed by atoms with Crippen LogP contribution in [-0.4, -0.2) is 37.1 Å². The fourth-order valence-corrected chi connectivity index (χ4v) is 3.36. The Morgan fingerprint density at radius 1 is 1.36 bits per heavy atom. The first-order valence-electron chi connectivity index (χ1n) is 7.40. The molecule has 1 aromatic carbocycles. The van der Waals surface area contributed by atoms with Crippen LogP contribution in [0.3, 0.4) is 0 Å². The van der Waals surface area contributed by atoms with Gasteiger partial charge in [0.1, 0.15) is 11.6 Å². The van der Waals surface area contributed by atoms with Crippen molar-refractivity contribution in [2.24, 2.45) is 4.99 Å². The first kappa shape index (κ1) is 15.5. The molecule has 1 atom stereocenters. The Bertz CT molecular complexity index is 632. The molecule has 0 aromatic heterocycles. The summed E-state index contributed by atoms with van der Waals surface area (Å²) in [6, 6.07) is 5.70. The van der Waals surface area contributed by atoms with Crippen molar-refractivity contribution < 1.29 is 14.3 Å². The van der Waals surface area contributed by atoms with Crippen LogP contribution in [0.25, 0.3) is 0 Å². The highest BCUT2D eigenvalue weighted by Crippen LogP contribution is 2.43. The second kappa shape index (κ2) is 6.01. The SMILES string of the molecule is CC1=NC2(CCCCOCOc3ccc(Br)cc32)C(=O)N1C. The van der Waals surface area contributed by atoms with Gasteiger partial charge in [0.05, 0.1) is 6.61 Å². The van der Waals surface area contributed by atoms with Crippen LogP contribution in [-0.2, 0) is 15.1 Å². The van der Waals surface area contributed by atoms with Crippen molar-refractivity contribution in [3.8, 4) is 5.75 Å². The molecule has 0 aliphatic carbocycles. The molecule has 0 fully saturated rings. The van der Waals surface area contributed by atoms with E-state index in [1.165, 1.54) is 0 Å². The van der Waals surface area contributed by atoms with E-state index < -0.39 is 5.54 Å². The quantitative estimate of drug-likeness (QED) is 0.708. The van der Waals surface area contributed by atoms with Gasteiger partial charge in [-0.2, -0.15) is 0 Å². The van der Waals surface area contributed by atoms with E-state index in [9.17, 15) is 4.79 Å². The fourth-order valence-electron chi connectivity index (χ4n) is 3.00. The van der Waals surface area contributed by atoms with E-state index in [1.807, 2.05) is 25.1 Å².